The lowest BCUT2D eigenvalue weighted by atomic mass is 9.82. The van der Waals surface area contributed by atoms with E-state index in [1.54, 1.807) is 0 Å². The van der Waals surface area contributed by atoms with Crippen LogP contribution in [0.1, 0.15) is 25.7 Å². The van der Waals surface area contributed by atoms with E-state index >= 15 is 0 Å². The molecule has 1 heterocycles. The van der Waals surface area contributed by atoms with Crippen molar-refractivity contribution in [3.8, 4) is 0 Å². The van der Waals surface area contributed by atoms with Gasteiger partial charge in [-0.25, -0.2) is 8.42 Å². The van der Waals surface area contributed by atoms with Crippen LogP contribution in [0.2, 0.25) is 0 Å². The number of benzene rings is 1. The van der Waals surface area contributed by atoms with E-state index in [2.05, 4.69) is 0 Å². The molecular formula is C14H19N3O4S. The number of nitro benzene ring substituents is 1. The molecular weight excluding hydrogens is 306 g/mol. The molecule has 120 valence electrons. The van der Waals surface area contributed by atoms with Gasteiger partial charge >= 0.3 is 0 Å². The Bertz CT molecular complexity index is 689. The van der Waals surface area contributed by atoms with Crippen LogP contribution in [0.15, 0.2) is 29.2 Å². The maximum Gasteiger partial charge on any atom is 0.269 e. The van der Waals surface area contributed by atoms with Crippen LogP contribution in [0.5, 0.6) is 0 Å². The second kappa shape index (κ2) is 5.29. The number of nitrogens with two attached hydrogens (primary N) is 1. The lowest BCUT2D eigenvalue weighted by molar-refractivity contribution is -0.384. The summed E-state index contributed by atoms with van der Waals surface area (Å²) in [5, 5.41) is 10.7. The lowest BCUT2D eigenvalue weighted by Gasteiger charge is -2.28. The van der Waals surface area contributed by atoms with Crippen LogP contribution in [-0.4, -0.2) is 36.8 Å². The zero-order chi connectivity index (χ0) is 16.0. The molecule has 1 saturated carbocycles. The van der Waals surface area contributed by atoms with Gasteiger partial charge in [0.1, 0.15) is 0 Å². The quantitative estimate of drug-likeness (QED) is 0.669. The van der Waals surface area contributed by atoms with E-state index in [4.69, 9.17) is 5.73 Å². The minimum Gasteiger partial charge on any atom is -0.327 e. The smallest absolute Gasteiger partial charge is 0.269 e. The standard InChI is InChI=1S/C14H19N3O4S/c15-13-2-1-7-14(13)8-9-16(10-14)22(20,21)12-5-3-11(4-6-12)17(18)19/h3-6,13H,1-2,7-10,15H2/t13-,14-/m0/s1. The Balaban J connectivity index is 1.83. The average molecular weight is 325 g/mol. The van der Waals surface area contributed by atoms with E-state index < -0.39 is 14.9 Å². The Morgan fingerprint density at radius 3 is 2.50 bits per heavy atom. The van der Waals surface area contributed by atoms with Crippen LogP contribution in [0, 0.1) is 15.5 Å². The molecule has 1 aliphatic heterocycles. The molecule has 2 aliphatic rings. The van der Waals surface area contributed by atoms with Crippen molar-refractivity contribution in [1.29, 1.82) is 0 Å². The molecule has 2 fully saturated rings. The summed E-state index contributed by atoms with van der Waals surface area (Å²) in [6.07, 6.45) is 3.76. The Morgan fingerprint density at radius 2 is 1.95 bits per heavy atom. The molecule has 0 unspecified atom stereocenters. The molecule has 1 aromatic carbocycles. The molecule has 1 aliphatic carbocycles. The van der Waals surface area contributed by atoms with Crippen molar-refractivity contribution in [2.75, 3.05) is 13.1 Å². The van der Waals surface area contributed by atoms with Crippen molar-refractivity contribution in [2.24, 2.45) is 11.1 Å². The summed E-state index contributed by atoms with van der Waals surface area (Å²) >= 11 is 0. The number of nitrogens with zero attached hydrogens (tertiary/aromatic N) is 2. The maximum atomic E-state index is 12.7. The van der Waals surface area contributed by atoms with Crippen molar-refractivity contribution in [3.05, 3.63) is 34.4 Å². The largest absolute Gasteiger partial charge is 0.327 e. The number of hydrogen-bond donors (Lipinski definition) is 1. The van der Waals surface area contributed by atoms with E-state index in [-0.39, 0.29) is 22.0 Å². The van der Waals surface area contributed by atoms with Crippen molar-refractivity contribution < 1.29 is 13.3 Å². The molecule has 0 aromatic heterocycles. The number of hydrogen-bond acceptors (Lipinski definition) is 5. The molecule has 2 atom stereocenters. The molecule has 3 rings (SSSR count). The normalized spacial score (nSPS) is 29.2. The zero-order valence-electron chi connectivity index (χ0n) is 12.1. The van der Waals surface area contributed by atoms with Gasteiger partial charge in [0.25, 0.3) is 5.69 Å². The van der Waals surface area contributed by atoms with Gasteiger partial charge in [0.05, 0.1) is 9.82 Å². The van der Waals surface area contributed by atoms with Gasteiger partial charge in [-0.1, -0.05) is 6.42 Å². The molecule has 0 radical (unpaired) electrons. The van der Waals surface area contributed by atoms with Gasteiger partial charge in [-0.3, -0.25) is 10.1 Å². The van der Waals surface area contributed by atoms with Crippen molar-refractivity contribution in [1.82, 2.24) is 4.31 Å². The third-order valence-electron chi connectivity index (χ3n) is 5.01. The molecule has 0 amide bonds. The fourth-order valence-electron chi connectivity index (χ4n) is 3.62. The monoisotopic (exact) mass is 325 g/mol. The van der Waals surface area contributed by atoms with Gasteiger partial charge in [-0.05, 0) is 31.4 Å². The second-order valence-electron chi connectivity index (χ2n) is 6.20. The van der Waals surface area contributed by atoms with Gasteiger partial charge in [0.2, 0.25) is 10.0 Å². The van der Waals surface area contributed by atoms with Crippen LogP contribution < -0.4 is 5.73 Å². The van der Waals surface area contributed by atoms with Crippen LogP contribution in [0.3, 0.4) is 0 Å². The number of rotatable bonds is 3. The lowest BCUT2D eigenvalue weighted by Crippen LogP contribution is -2.40. The number of sulfonamides is 1. The fraction of sp³-hybridized carbons (Fsp3) is 0.571. The highest BCUT2D eigenvalue weighted by Crippen LogP contribution is 2.45. The van der Waals surface area contributed by atoms with Gasteiger partial charge in [-0.15, -0.1) is 0 Å². The third-order valence-corrected chi connectivity index (χ3v) is 6.87. The molecule has 2 N–H and O–H groups in total. The number of non-ortho nitro benzene ring substituents is 1. The first-order valence-electron chi connectivity index (χ1n) is 7.35. The van der Waals surface area contributed by atoms with Gasteiger partial charge in [0.15, 0.2) is 0 Å². The van der Waals surface area contributed by atoms with Gasteiger partial charge in [-0.2, -0.15) is 4.31 Å². The molecule has 1 aromatic rings. The van der Waals surface area contributed by atoms with Crippen LogP contribution in [0.4, 0.5) is 5.69 Å². The maximum absolute atomic E-state index is 12.7. The first-order valence-corrected chi connectivity index (χ1v) is 8.79. The zero-order valence-corrected chi connectivity index (χ0v) is 13.0. The first-order chi connectivity index (χ1) is 10.3. The minimum atomic E-state index is -3.61. The van der Waals surface area contributed by atoms with Crippen LogP contribution in [0.25, 0.3) is 0 Å². The minimum absolute atomic E-state index is 0.0598. The SMILES string of the molecule is N[C@H]1CCC[C@@]12CCN(S(=O)(=O)c1ccc([N+](=O)[O-])cc1)C2. The van der Waals surface area contributed by atoms with Gasteiger partial charge < -0.3 is 5.73 Å². The Hall–Kier alpha value is -1.51. The molecule has 1 spiro atoms. The highest BCUT2D eigenvalue weighted by Gasteiger charge is 2.48. The van der Waals surface area contributed by atoms with E-state index in [1.165, 1.54) is 28.6 Å². The summed E-state index contributed by atoms with van der Waals surface area (Å²) in [5.41, 5.74) is 5.97. The predicted molar refractivity (Wildman–Crippen MR) is 80.7 cm³/mol. The van der Waals surface area contributed by atoms with E-state index in [0.717, 1.165) is 25.7 Å². The molecule has 1 saturated heterocycles. The third kappa shape index (κ3) is 2.41. The summed E-state index contributed by atoms with van der Waals surface area (Å²) in [4.78, 5) is 10.2. The molecule has 0 bridgehead atoms. The second-order valence-corrected chi connectivity index (χ2v) is 8.14. The highest BCUT2D eigenvalue weighted by atomic mass is 32.2. The van der Waals surface area contributed by atoms with E-state index in [0.29, 0.717) is 13.1 Å². The first kappa shape index (κ1) is 15.4. The molecule has 7 nitrogen and oxygen atoms in total. The Labute approximate surface area is 129 Å². The number of nitro groups is 1. The summed E-state index contributed by atoms with van der Waals surface area (Å²) in [7, 11) is -3.61. The van der Waals surface area contributed by atoms with E-state index in [9.17, 15) is 18.5 Å². The predicted octanol–water partition coefficient (Wildman–Crippen LogP) is 1.49. The summed E-state index contributed by atoms with van der Waals surface area (Å²) in [6, 6.07) is 5.10. The average Bonchev–Trinajstić information content (AvgIpc) is 3.08. The molecule has 8 heteroatoms. The fourth-order valence-corrected chi connectivity index (χ4v) is 5.16. The Kier molecular flexibility index (Phi) is 3.70. The van der Waals surface area contributed by atoms with Crippen molar-refractivity contribution >= 4 is 15.7 Å². The highest BCUT2D eigenvalue weighted by molar-refractivity contribution is 7.89. The van der Waals surface area contributed by atoms with Crippen LogP contribution >= 0.6 is 0 Å². The van der Waals surface area contributed by atoms with Crippen molar-refractivity contribution in [2.45, 2.75) is 36.6 Å². The molecule has 22 heavy (non-hydrogen) atoms. The summed E-state index contributed by atoms with van der Waals surface area (Å²) < 4.78 is 26.8. The van der Waals surface area contributed by atoms with Crippen molar-refractivity contribution in [3.63, 3.8) is 0 Å². The topological polar surface area (TPSA) is 107 Å². The van der Waals surface area contributed by atoms with Gasteiger partial charge in [0, 0.05) is 36.7 Å². The summed E-state index contributed by atoms with van der Waals surface area (Å²) in [5.74, 6) is 0. The summed E-state index contributed by atoms with van der Waals surface area (Å²) in [6.45, 7) is 0.917. The van der Waals surface area contributed by atoms with E-state index in [1.807, 2.05) is 0 Å². The Morgan fingerprint density at radius 1 is 1.27 bits per heavy atom. The van der Waals surface area contributed by atoms with Crippen LogP contribution in [-0.2, 0) is 10.0 Å².